The van der Waals surface area contributed by atoms with Gasteiger partial charge in [0.15, 0.2) is 0 Å². The number of alkyl carbamates (subject to hydrolysis) is 1. The summed E-state index contributed by atoms with van der Waals surface area (Å²) in [4.78, 5) is 39.7. The molecule has 1 fully saturated rings. The average molecular weight is 570 g/mol. The number of hydrogen-bond acceptors (Lipinski definition) is 6. The third-order valence-electron chi connectivity index (χ3n) is 7.29. The molecule has 1 aliphatic rings. The van der Waals surface area contributed by atoms with Crippen LogP contribution in [0, 0.1) is 23.2 Å². The van der Waals surface area contributed by atoms with Crippen molar-refractivity contribution in [3.8, 4) is 6.07 Å². The Hall–Kier alpha value is -3.68. The van der Waals surface area contributed by atoms with E-state index in [0.29, 0.717) is 32.2 Å². The minimum atomic E-state index is -0.468. The van der Waals surface area contributed by atoms with Gasteiger partial charge in [0.1, 0.15) is 24.0 Å². The highest BCUT2D eigenvalue weighted by atomic mass is 16.7. The Balaban J connectivity index is 1.43. The first-order chi connectivity index (χ1) is 19.6. The largest absolute Gasteiger partial charge is 0.444 e. The van der Waals surface area contributed by atoms with Gasteiger partial charge in [0, 0.05) is 25.6 Å². The molecule has 11 nitrogen and oxygen atoms in total. The summed E-state index contributed by atoms with van der Waals surface area (Å²) in [5, 5.41) is 12.7. The van der Waals surface area contributed by atoms with Gasteiger partial charge in [-0.25, -0.2) is 9.37 Å². The normalized spacial score (nSPS) is 17.8. The van der Waals surface area contributed by atoms with E-state index in [-0.39, 0.29) is 24.3 Å². The number of rotatable bonds is 13. The summed E-state index contributed by atoms with van der Waals surface area (Å²) in [6, 6.07) is 3.96. The number of likely N-dealkylation sites (tertiary alicyclic amines) is 1. The number of aromatic amines is 1. The predicted molar refractivity (Wildman–Crippen MR) is 156 cm³/mol. The summed E-state index contributed by atoms with van der Waals surface area (Å²) in [5.74, 6) is 1.32. The van der Waals surface area contributed by atoms with Gasteiger partial charge < -0.3 is 19.8 Å². The Morgan fingerprint density at radius 2 is 2.00 bits per heavy atom. The standard InChI is InChI=1S/C30H45N7O4/c1-23-14-18-36(26(38)12-15-31)21-24(23)20-35(5)27-25-13-17-32-28(25)37(22-34-27)40-19-11-9-7-6-8-10-16-33-29(39)41-30(2,3)4/h13,17,20,22-24H,6-12,14,16,18-19,21H2,1-5H3/p+2/b35-20-/t23-,24?/m1/s1. The fourth-order valence-electron chi connectivity index (χ4n) is 5.00. The molecular formula is C30H47N7O4+2. The molecule has 3 rings (SSSR count). The Morgan fingerprint density at radius 1 is 1.27 bits per heavy atom. The second-order valence-corrected chi connectivity index (χ2v) is 11.9. The Labute approximate surface area is 243 Å². The Bertz CT molecular complexity index is 1230. The van der Waals surface area contributed by atoms with Crippen molar-refractivity contribution in [3.63, 3.8) is 0 Å². The summed E-state index contributed by atoms with van der Waals surface area (Å²) in [6.45, 7) is 10.3. The van der Waals surface area contributed by atoms with E-state index in [1.807, 2.05) is 50.7 Å². The van der Waals surface area contributed by atoms with Crippen LogP contribution in [0.3, 0.4) is 0 Å². The quantitative estimate of drug-likeness (QED) is 0.214. The maximum atomic E-state index is 12.3. The van der Waals surface area contributed by atoms with Crippen molar-refractivity contribution in [2.24, 2.45) is 11.8 Å². The smallest absolute Gasteiger partial charge is 0.407 e. The number of fused-ring (bicyclic) bond motifs is 1. The number of piperidine rings is 1. The number of amides is 2. The molecule has 0 spiro atoms. The fraction of sp³-hybridized carbons (Fsp3) is 0.667. The number of unbranched alkanes of at least 4 members (excludes halogenated alkanes) is 5. The third-order valence-corrected chi connectivity index (χ3v) is 7.29. The second kappa shape index (κ2) is 15.4. The van der Waals surface area contributed by atoms with Gasteiger partial charge in [-0.2, -0.15) is 5.26 Å². The zero-order chi connectivity index (χ0) is 29.8. The lowest BCUT2D eigenvalue weighted by molar-refractivity contribution is -0.874. The number of aromatic nitrogens is 3. The molecule has 1 saturated heterocycles. The number of nitrogens with one attached hydrogen (secondary N) is 2. The number of ether oxygens (including phenoxy) is 1. The molecule has 0 aliphatic carbocycles. The van der Waals surface area contributed by atoms with Crippen molar-refractivity contribution in [1.82, 2.24) is 20.2 Å². The molecule has 0 aromatic carbocycles. The van der Waals surface area contributed by atoms with E-state index in [0.717, 1.165) is 61.8 Å². The topological polar surface area (TPSA) is 127 Å². The van der Waals surface area contributed by atoms with E-state index in [9.17, 15) is 9.59 Å². The van der Waals surface area contributed by atoms with E-state index in [4.69, 9.17) is 19.8 Å². The van der Waals surface area contributed by atoms with Gasteiger partial charge in [-0.1, -0.05) is 35.9 Å². The summed E-state index contributed by atoms with van der Waals surface area (Å²) in [6.07, 6.45) is 12.5. The predicted octanol–water partition coefficient (Wildman–Crippen LogP) is 3.89. The van der Waals surface area contributed by atoms with Crippen LogP contribution in [0.5, 0.6) is 0 Å². The van der Waals surface area contributed by atoms with Gasteiger partial charge >= 0.3 is 11.9 Å². The van der Waals surface area contributed by atoms with Crippen molar-refractivity contribution in [2.45, 2.75) is 84.7 Å². The number of nitrogens with zero attached hydrogens (tertiary/aromatic N) is 5. The number of carbonyl (C=O) groups is 2. The summed E-state index contributed by atoms with van der Waals surface area (Å²) < 4.78 is 8.97. The van der Waals surface area contributed by atoms with E-state index in [1.54, 1.807) is 16.0 Å². The maximum absolute atomic E-state index is 12.3. The minimum Gasteiger partial charge on any atom is -0.444 e. The van der Waals surface area contributed by atoms with Crippen LogP contribution in [-0.4, -0.2) is 76.5 Å². The molecule has 2 atom stereocenters. The molecule has 2 amide bonds. The first-order valence-corrected chi connectivity index (χ1v) is 14.8. The summed E-state index contributed by atoms with van der Waals surface area (Å²) in [5.41, 5.74) is 0.375. The molecule has 0 bridgehead atoms. The highest BCUT2D eigenvalue weighted by Gasteiger charge is 2.30. The number of carbonyl (C=O) groups excluding carboxylic acids is 2. The molecular weight excluding hydrogens is 522 g/mol. The van der Waals surface area contributed by atoms with Gasteiger partial charge in [-0.05, 0) is 58.4 Å². The monoisotopic (exact) mass is 569 g/mol. The molecule has 11 heteroatoms. The average Bonchev–Trinajstić information content (AvgIpc) is 3.40. The molecule has 224 valence electrons. The molecule has 3 heterocycles. The highest BCUT2D eigenvalue weighted by molar-refractivity contribution is 5.82. The van der Waals surface area contributed by atoms with Crippen LogP contribution >= 0.6 is 0 Å². The van der Waals surface area contributed by atoms with Gasteiger partial charge in [-0.15, -0.1) is 0 Å². The van der Waals surface area contributed by atoms with Gasteiger partial charge in [0.05, 0.1) is 25.5 Å². The van der Waals surface area contributed by atoms with Gasteiger partial charge in [0.2, 0.25) is 5.91 Å². The van der Waals surface area contributed by atoms with Gasteiger partial charge in [0.25, 0.3) is 12.0 Å². The lowest BCUT2D eigenvalue weighted by atomic mass is 9.87. The van der Waals surface area contributed by atoms with Gasteiger partial charge in [-0.3, -0.25) is 9.78 Å². The molecule has 1 unspecified atom stereocenters. The van der Waals surface area contributed by atoms with Crippen molar-refractivity contribution < 1.29 is 28.5 Å². The van der Waals surface area contributed by atoms with E-state index >= 15 is 0 Å². The molecule has 0 saturated carbocycles. The second-order valence-electron chi connectivity index (χ2n) is 11.9. The maximum Gasteiger partial charge on any atom is 0.407 e. The fourth-order valence-corrected chi connectivity index (χ4v) is 5.00. The highest BCUT2D eigenvalue weighted by Crippen LogP contribution is 2.24. The van der Waals surface area contributed by atoms with Crippen molar-refractivity contribution in [3.05, 3.63) is 18.6 Å². The van der Waals surface area contributed by atoms with Crippen LogP contribution in [0.15, 0.2) is 18.6 Å². The first kappa shape index (κ1) is 31.8. The van der Waals surface area contributed by atoms with Crippen LogP contribution in [0.2, 0.25) is 0 Å². The van der Waals surface area contributed by atoms with Crippen molar-refractivity contribution in [2.75, 3.05) is 33.3 Å². The zero-order valence-electron chi connectivity index (χ0n) is 25.3. The lowest BCUT2D eigenvalue weighted by Crippen LogP contribution is -2.45. The van der Waals surface area contributed by atoms with Crippen LogP contribution in [-0.2, 0) is 9.53 Å². The molecule has 41 heavy (non-hydrogen) atoms. The Morgan fingerprint density at radius 3 is 2.73 bits per heavy atom. The van der Waals surface area contributed by atoms with E-state index in [2.05, 4.69) is 23.4 Å². The molecule has 1 aliphatic heterocycles. The SMILES string of the molecule is C[C@@H]1CCN(C(=O)CC#N)CC1/C=[N+](/C)c1nc[n+](OCCCCCCCCNC(=O)OC(C)(C)C)c2[nH]ccc12. The summed E-state index contributed by atoms with van der Waals surface area (Å²) in [7, 11) is 1.98. The van der Waals surface area contributed by atoms with E-state index in [1.165, 1.54) is 0 Å². The van der Waals surface area contributed by atoms with Crippen LogP contribution in [0.4, 0.5) is 10.6 Å². The number of H-pyrrole nitrogens is 1. The number of hydrogen-bond donors (Lipinski definition) is 2. The van der Waals surface area contributed by atoms with Crippen LogP contribution < -0.4 is 14.9 Å². The zero-order valence-corrected chi connectivity index (χ0v) is 25.3. The molecule has 0 radical (unpaired) electrons. The number of nitriles is 1. The van der Waals surface area contributed by atoms with E-state index < -0.39 is 5.60 Å². The Kier molecular flexibility index (Phi) is 11.9. The van der Waals surface area contributed by atoms with Crippen molar-refractivity contribution in [1.29, 1.82) is 5.26 Å². The molecule has 2 N–H and O–H groups in total. The molecule has 2 aromatic heterocycles. The van der Waals surface area contributed by atoms with Crippen molar-refractivity contribution >= 4 is 35.1 Å². The van der Waals surface area contributed by atoms with Crippen LogP contribution in [0.25, 0.3) is 11.0 Å². The van der Waals surface area contributed by atoms with Crippen LogP contribution in [0.1, 0.15) is 79.1 Å². The first-order valence-electron chi connectivity index (χ1n) is 14.8. The minimum absolute atomic E-state index is 0.0732. The molecule has 2 aromatic rings. The third kappa shape index (κ3) is 10.0. The lowest BCUT2D eigenvalue weighted by Gasteiger charge is -2.34. The summed E-state index contributed by atoms with van der Waals surface area (Å²) >= 11 is 0.